The van der Waals surface area contributed by atoms with Crippen LogP contribution in [0.25, 0.3) is 10.9 Å². The minimum atomic E-state index is -0.298. The van der Waals surface area contributed by atoms with E-state index in [1.807, 2.05) is 54.6 Å². The highest BCUT2D eigenvalue weighted by Crippen LogP contribution is 2.58. The largest absolute Gasteiger partial charge is 0.342 e. The second-order valence-electron chi connectivity index (χ2n) is 9.41. The third-order valence-corrected chi connectivity index (χ3v) is 7.25. The molecule has 1 aliphatic rings. The molecule has 1 aliphatic carbocycles. The summed E-state index contributed by atoms with van der Waals surface area (Å²) in [6.07, 6.45) is 4.64. The van der Waals surface area contributed by atoms with Crippen LogP contribution in [0.2, 0.25) is 0 Å². The number of hydrogen-bond acceptors (Lipinski definition) is 2. The molecule has 1 amide bonds. The summed E-state index contributed by atoms with van der Waals surface area (Å²) >= 11 is 0. The lowest BCUT2D eigenvalue weighted by Crippen LogP contribution is -2.25. The van der Waals surface area contributed by atoms with Gasteiger partial charge in [-0.3, -0.25) is 4.79 Å². The van der Waals surface area contributed by atoms with Crippen molar-refractivity contribution in [2.45, 2.75) is 18.4 Å². The summed E-state index contributed by atoms with van der Waals surface area (Å²) in [5.74, 6) is -0.203. The highest BCUT2D eigenvalue weighted by Gasteiger charge is 2.60. The van der Waals surface area contributed by atoms with Crippen LogP contribution in [0.1, 0.15) is 28.7 Å². The molecule has 0 aliphatic heterocycles. The summed E-state index contributed by atoms with van der Waals surface area (Å²) in [5, 5.41) is 5.50. The highest BCUT2D eigenvalue weighted by molar-refractivity contribution is 6.00. The summed E-state index contributed by atoms with van der Waals surface area (Å²) in [4.78, 5) is 13.2. The molecule has 4 aromatic carbocycles. The molecule has 0 bridgehead atoms. The first-order valence-electron chi connectivity index (χ1n) is 12.3. The SMILES string of the molecule is O=C(NN=Cc1cn(Cc2ccccc2)c2ccccc12)[C@H]1CC1(c1ccccc1)c1ccccc1. The number of rotatable bonds is 7. The summed E-state index contributed by atoms with van der Waals surface area (Å²) in [6.45, 7) is 0.778. The van der Waals surface area contributed by atoms with E-state index in [4.69, 9.17) is 0 Å². The van der Waals surface area contributed by atoms with E-state index in [-0.39, 0.29) is 17.2 Å². The Labute approximate surface area is 210 Å². The molecule has 0 unspecified atom stereocenters. The molecule has 176 valence electrons. The van der Waals surface area contributed by atoms with Gasteiger partial charge in [0.2, 0.25) is 5.91 Å². The molecule has 5 aromatic rings. The zero-order valence-corrected chi connectivity index (χ0v) is 19.9. The normalized spacial score (nSPS) is 16.3. The van der Waals surface area contributed by atoms with Gasteiger partial charge < -0.3 is 4.57 Å². The standard InChI is InChI=1S/C32H27N3O/c36-31(29-20-32(29,26-14-6-2-7-15-26)27-16-8-3-9-17-27)34-33-21-25-23-35(22-24-12-4-1-5-13-24)30-19-11-10-18-28(25)30/h1-19,21,23,29H,20,22H2,(H,34,36)/t29-/m1/s1. The number of nitrogens with one attached hydrogen (secondary N) is 1. The number of carbonyl (C=O) groups excluding carboxylic acids is 1. The molecule has 1 heterocycles. The Bertz CT molecular complexity index is 1480. The van der Waals surface area contributed by atoms with Gasteiger partial charge in [-0.05, 0) is 29.2 Å². The van der Waals surface area contributed by atoms with Crippen molar-refractivity contribution in [2.75, 3.05) is 0 Å². The topological polar surface area (TPSA) is 46.4 Å². The first kappa shape index (κ1) is 22.1. The van der Waals surface area contributed by atoms with Crippen LogP contribution in [0.4, 0.5) is 0 Å². The third kappa shape index (κ3) is 4.01. The van der Waals surface area contributed by atoms with Crippen LogP contribution in [0.15, 0.2) is 127 Å². The number of aromatic nitrogens is 1. The van der Waals surface area contributed by atoms with E-state index in [0.717, 1.165) is 29.4 Å². The molecule has 36 heavy (non-hydrogen) atoms. The van der Waals surface area contributed by atoms with Gasteiger partial charge in [0.05, 0.1) is 12.1 Å². The van der Waals surface area contributed by atoms with E-state index in [0.29, 0.717) is 0 Å². The maximum atomic E-state index is 13.2. The van der Waals surface area contributed by atoms with E-state index >= 15 is 0 Å². The predicted molar refractivity (Wildman–Crippen MR) is 145 cm³/mol. The van der Waals surface area contributed by atoms with E-state index in [1.54, 1.807) is 6.21 Å². The number of amides is 1. The van der Waals surface area contributed by atoms with Crippen LogP contribution >= 0.6 is 0 Å². The van der Waals surface area contributed by atoms with E-state index < -0.39 is 0 Å². The average Bonchev–Trinajstić information content (AvgIpc) is 3.62. The highest BCUT2D eigenvalue weighted by atomic mass is 16.2. The van der Waals surface area contributed by atoms with Crippen molar-refractivity contribution in [1.29, 1.82) is 0 Å². The quantitative estimate of drug-likeness (QED) is 0.226. The third-order valence-electron chi connectivity index (χ3n) is 7.25. The maximum absolute atomic E-state index is 13.2. The molecule has 6 rings (SSSR count). The van der Waals surface area contributed by atoms with Gasteiger partial charge in [0, 0.05) is 34.6 Å². The van der Waals surface area contributed by atoms with Crippen LogP contribution in [-0.2, 0) is 16.8 Å². The molecule has 1 N–H and O–H groups in total. The van der Waals surface area contributed by atoms with Gasteiger partial charge in [-0.1, -0.05) is 109 Å². The van der Waals surface area contributed by atoms with Gasteiger partial charge in [-0.15, -0.1) is 0 Å². The number of hydrogen-bond donors (Lipinski definition) is 1. The van der Waals surface area contributed by atoms with Crippen LogP contribution < -0.4 is 5.43 Å². The van der Waals surface area contributed by atoms with Crippen molar-refractivity contribution < 1.29 is 4.79 Å². The second kappa shape index (κ2) is 9.31. The smallest absolute Gasteiger partial charge is 0.244 e. The van der Waals surface area contributed by atoms with E-state index in [9.17, 15) is 4.79 Å². The van der Waals surface area contributed by atoms with Gasteiger partial charge in [-0.25, -0.2) is 5.43 Å². The second-order valence-corrected chi connectivity index (χ2v) is 9.41. The van der Waals surface area contributed by atoms with Crippen molar-refractivity contribution in [2.24, 2.45) is 11.0 Å². The number of para-hydroxylation sites is 1. The number of fused-ring (bicyclic) bond motifs is 1. The molecule has 4 heteroatoms. The number of benzene rings is 4. The first-order valence-corrected chi connectivity index (χ1v) is 12.3. The summed E-state index contributed by atoms with van der Waals surface area (Å²) in [7, 11) is 0. The van der Waals surface area contributed by atoms with E-state index in [1.165, 1.54) is 16.7 Å². The van der Waals surface area contributed by atoms with Crippen molar-refractivity contribution >= 4 is 23.0 Å². The maximum Gasteiger partial charge on any atom is 0.244 e. The van der Waals surface area contributed by atoms with E-state index in [2.05, 4.69) is 82.0 Å². The summed E-state index contributed by atoms with van der Waals surface area (Å²) in [5.41, 5.74) is 8.24. The zero-order valence-electron chi connectivity index (χ0n) is 19.9. The Balaban J connectivity index is 1.23. The minimum absolute atomic E-state index is 0.0491. The van der Waals surface area contributed by atoms with Gasteiger partial charge in [-0.2, -0.15) is 5.10 Å². The van der Waals surface area contributed by atoms with Crippen molar-refractivity contribution in [1.82, 2.24) is 9.99 Å². The van der Waals surface area contributed by atoms with Gasteiger partial charge >= 0.3 is 0 Å². The fourth-order valence-electron chi connectivity index (χ4n) is 5.39. The molecule has 0 radical (unpaired) electrons. The number of hydrazone groups is 1. The lowest BCUT2D eigenvalue weighted by molar-refractivity contribution is -0.122. The fraction of sp³-hybridized carbons (Fsp3) is 0.125. The van der Waals surface area contributed by atoms with Crippen molar-refractivity contribution in [3.8, 4) is 0 Å². The molecule has 0 spiro atoms. The Kier molecular flexibility index (Phi) is 5.70. The molecule has 1 saturated carbocycles. The molecule has 1 fully saturated rings. The fourth-order valence-corrected chi connectivity index (χ4v) is 5.39. The van der Waals surface area contributed by atoms with Crippen molar-refractivity contribution in [3.05, 3.63) is 144 Å². The lowest BCUT2D eigenvalue weighted by atomic mass is 9.85. The number of nitrogens with zero attached hydrogens (tertiary/aromatic N) is 2. The lowest BCUT2D eigenvalue weighted by Gasteiger charge is -2.18. The molecule has 1 atom stereocenters. The Hall–Kier alpha value is -4.44. The van der Waals surface area contributed by atoms with Crippen LogP contribution in [-0.4, -0.2) is 16.7 Å². The Morgan fingerprint density at radius 1 is 0.833 bits per heavy atom. The van der Waals surface area contributed by atoms with Crippen LogP contribution in [0, 0.1) is 5.92 Å². The van der Waals surface area contributed by atoms with Gasteiger partial charge in [0.15, 0.2) is 0 Å². The van der Waals surface area contributed by atoms with Gasteiger partial charge in [0.1, 0.15) is 0 Å². The number of carbonyl (C=O) groups is 1. The first-order chi connectivity index (χ1) is 17.8. The average molecular weight is 470 g/mol. The minimum Gasteiger partial charge on any atom is -0.342 e. The van der Waals surface area contributed by atoms with Gasteiger partial charge in [0.25, 0.3) is 0 Å². The summed E-state index contributed by atoms with van der Waals surface area (Å²) in [6, 6.07) is 39.3. The van der Waals surface area contributed by atoms with Crippen molar-refractivity contribution in [3.63, 3.8) is 0 Å². The van der Waals surface area contributed by atoms with Crippen LogP contribution in [0.3, 0.4) is 0 Å². The Morgan fingerprint density at radius 2 is 1.42 bits per heavy atom. The molecular formula is C32H27N3O. The molecule has 0 saturated heterocycles. The Morgan fingerprint density at radius 3 is 2.08 bits per heavy atom. The molecular weight excluding hydrogens is 442 g/mol. The molecule has 1 aromatic heterocycles. The summed E-state index contributed by atoms with van der Waals surface area (Å²) < 4.78 is 2.23. The zero-order chi connectivity index (χ0) is 24.4. The van der Waals surface area contributed by atoms with Crippen LogP contribution in [0.5, 0.6) is 0 Å². The molecule has 4 nitrogen and oxygen atoms in total. The predicted octanol–water partition coefficient (Wildman–Crippen LogP) is 6.15. The monoisotopic (exact) mass is 469 g/mol.